The lowest BCUT2D eigenvalue weighted by Gasteiger charge is -2.13. The van der Waals surface area contributed by atoms with Gasteiger partial charge in [-0.25, -0.2) is 0 Å². The van der Waals surface area contributed by atoms with Crippen molar-refractivity contribution in [1.29, 1.82) is 0 Å². The van der Waals surface area contributed by atoms with Gasteiger partial charge in [0.15, 0.2) is 5.82 Å². The Balaban J connectivity index is 1.34. The van der Waals surface area contributed by atoms with Crippen molar-refractivity contribution < 1.29 is 9.59 Å². The third-order valence-electron chi connectivity index (χ3n) is 3.95. The van der Waals surface area contributed by atoms with Crippen molar-refractivity contribution in [3.8, 4) is 10.7 Å². The van der Waals surface area contributed by atoms with Gasteiger partial charge in [-0.1, -0.05) is 60.4 Å². The molecule has 1 aliphatic heterocycles. The van der Waals surface area contributed by atoms with Crippen LogP contribution in [-0.2, 0) is 9.59 Å². The molecule has 1 aliphatic rings. The number of carbonyl (C=O) groups is 2. The molecule has 2 aromatic heterocycles. The number of benzene rings is 1. The van der Waals surface area contributed by atoms with Crippen molar-refractivity contribution in [3.05, 3.63) is 58.3 Å². The van der Waals surface area contributed by atoms with Crippen LogP contribution in [0.3, 0.4) is 0 Å². The van der Waals surface area contributed by atoms with E-state index in [1.807, 2.05) is 53.9 Å². The van der Waals surface area contributed by atoms with Crippen LogP contribution in [0.4, 0.5) is 5.13 Å². The fourth-order valence-electron chi connectivity index (χ4n) is 2.57. The number of rotatable bonds is 6. The summed E-state index contributed by atoms with van der Waals surface area (Å²) in [6, 6.07) is 13.4. The fourth-order valence-corrected chi connectivity index (χ4v) is 5.19. The summed E-state index contributed by atoms with van der Waals surface area (Å²) in [4.78, 5) is 32.2. The lowest BCUT2D eigenvalue weighted by molar-refractivity contribution is -0.122. The molecule has 2 amide bonds. The summed E-state index contributed by atoms with van der Waals surface area (Å²) in [6.07, 6.45) is 1.94. The third kappa shape index (κ3) is 4.78. The number of hydrogen-bond acceptors (Lipinski definition) is 8. The number of nitrogens with zero attached hydrogens (tertiary/aromatic N) is 3. The van der Waals surface area contributed by atoms with Gasteiger partial charge in [-0.15, -0.1) is 11.3 Å². The Kier molecular flexibility index (Phi) is 6.14. The second kappa shape index (κ2) is 8.95. The number of anilines is 1. The first kappa shape index (κ1) is 19.9. The van der Waals surface area contributed by atoms with Crippen LogP contribution < -0.4 is 5.32 Å². The second-order valence-corrected chi connectivity index (χ2v) is 9.32. The van der Waals surface area contributed by atoms with Crippen molar-refractivity contribution >= 4 is 74.2 Å². The zero-order chi connectivity index (χ0) is 20.2. The van der Waals surface area contributed by atoms with E-state index >= 15 is 0 Å². The van der Waals surface area contributed by atoms with Crippen molar-refractivity contribution in [2.45, 2.75) is 6.42 Å². The van der Waals surface area contributed by atoms with E-state index in [1.54, 1.807) is 0 Å². The molecule has 0 radical (unpaired) electrons. The Morgan fingerprint density at radius 2 is 2.03 bits per heavy atom. The van der Waals surface area contributed by atoms with Gasteiger partial charge in [0.05, 0.1) is 9.78 Å². The quantitative estimate of drug-likeness (QED) is 0.433. The molecule has 3 aromatic rings. The lowest BCUT2D eigenvalue weighted by Crippen LogP contribution is -2.31. The van der Waals surface area contributed by atoms with Gasteiger partial charge in [-0.2, -0.15) is 9.36 Å². The second-order valence-electron chi connectivity index (χ2n) is 5.94. The molecule has 4 rings (SSSR count). The molecule has 0 spiro atoms. The van der Waals surface area contributed by atoms with Gasteiger partial charge in [0.25, 0.3) is 5.91 Å². The molecule has 29 heavy (non-hydrogen) atoms. The predicted molar refractivity (Wildman–Crippen MR) is 123 cm³/mol. The minimum atomic E-state index is -0.236. The van der Waals surface area contributed by atoms with E-state index < -0.39 is 0 Å². The summed E-state index contributed by atoms with van der Waals surface area (Å²) >= 11 is 9.24. The fraction of sp³-hybridized carbons (Fsp3) is 0.105. The molecule has 3 heterocycles. The Labute approximate surface area is 184 Å². The van der Waals surface area contributed by atoms with Gasteiger partial charge < -0.3 is 5.32 Å². The van der Waals surface area contributed by atoms with Crippen molar-refractivity contribution in [1.82, 2.24) is 14.3 Å². The normalized spacial score (nSPS) is 15.3. The van der Waals surface area contributed by atoms with Crippen LogP contribution in [-0.4, -0.2) is 36.9 Å². The van der Waals surface area contributed by atoms with Crippen molar-refractivity contribution in [2.24, 2.45) is 0 Å². The number of aromatic nitrogens is 2. The first-order chi connectivity index (χ1) is 14.1. The van der Waals surface area contributed by atoms with Crippen LogP contribution >= 0.6 is 46.8 Å². The van der Waals surface area contributed by atoms with Gasteiger partial charge in [0.2, 0.25) is 11.0 Å². The average Bonchev–Trinajstić information content (AvgIpc) is 3.44. The highest BCUT2D eigenvalue weighted by molar-refractivity contribution is 8.26. The third-order valence-corrected chi connectivity index (χ3v) is 6.82. The number of thiophene rings is 1. The lowest BCUT2D eigenvalue weighted by atomic mass is 10.2. The van der Waals surface area contributed by atoms with Gasteiger partial charge in [0.1, 0.15) is 4.32 Å². The molecule has 0 saturated carbocycles. The monoisotopic (exact) mass is 458 g/mol. The number of amides is 2. The van der Waals surface area contributed by atoms with Crippen molar-refractivity contribution in [3.63, 3.8) is 0 Å². The van der Waals surface area contributed by atoms with E-state index in [-0.39, 0.29) is 24.8 Å². The zero-order valence-corrected chi connectivity index (χ0v) is 18.2. The SMILES string of the molecule is O=C(CCN1C(=O)C(=Cc2ccccc2)SC1=S)Nc1nc(-c2cccs2)ns1. The Hall–Kier alpha value is -2.40. The highest BCUT2D eigenvalue weighted by Gasteiger charge is 2.32. The Morgan fingerprint density at radius 1 is 1.21 bits per heavy atom. The van der Waals surface area contributed by atoms with Gasteiger partial charge in [-0.3, -0.25) is 14.5 Å². The molecule has 0 unspecified atom stereocenters. The van der Waals surface area contributed by atoms with Crippen LogP contribution in [0.2, 0.25) is 0 Å². The minimum absolute atomic E-state index is 0.124. The maximum atomic E-state index is 12.6. The Morgan fingerprint density at radius 3 is 2.79 bits per heavy atom. The van der Waals surface area contributed by atoms with E-state index in [0.717, 1.165) is 22.0 Å². The predicted octanol–water partition coefficient (Wildman–Crippen LogP) is 4.50. The van der Waals surface area contributed by atoms with E-state index in [2.05, 4.69) is 14.7 Å². The summed E-state index contributed by atoms with van der Waals surface area (Å²) in [7, 11) is 0. The molecule has 1 aromatic carbocycles. The average molecular weight is 459 g/mol. The molecule has 1 fully saturated rings. The molecule has 6 nitrogen and oxygen atoms in total. The molecular formula is C19H14N4O2S4. The van der Waals surface area contributed by atoms with E-state index in [9.17, 15) is 9.59 Å². The molecule has 0 bridgehead atoms. The summed E-state index contributed by atoms with van der Waals surface area (Å²) in [6.45, 7) is 0.221. The molecular weight excluding hydrogens is 445 g/mol. The topological polar surface area (TPSA) is 75.2 Å². The van der Waals surface area contributed by atoms with Crippen LogP contribution in [0.5, 0.6) is 0 Å². The zero-order valence-electron chi connectivity index (χ0n) is 14.9. The van der Waals surface area contributed by atoms with Gasteiger partial charge in [0, 0.05) is 24.5 Å². The number of nitrogens with one attached hydrogen (secondary N) is 1. The van der Waals surface area contributed by atoms with Gasteiger partial charge >= 0.3 is 0 Å². The largest absolute Gasteiger partial charge is 0.301 e. The molecule has 1 N–H and O–H groups in total. The molecule has 0 atom stereocenters. The number of thiocarbonyl (C=S) groups is 1. The standard InChI is InChI=1S/C19H14N4O2S4/c24-15(20-18-21-16(22-29-18)13-7-4-10-27-13)8-9-23-17(25)14(28-19(23)26)11-12-5-2-1-3-6-12/h1-7,10-11H,8-9H2,(H,20,21,22,24). The summed E-state index contributed by atoms with van der Waals surface area (Å²) in [5, 5.41) is 5.12. The minimum Gasteiger partial charge on any atom is -0.301 e. The molecule has 0 aliphatic carbocycles. The number of hydrogen-bond donors (Lipinski definition) is 1. The van der Waals surface area contributed by atoms with Crippen LogP contribution in [0.15, 0.2) is 52.7 Å². The summed E-state index contributed by atoms with van der Waals surface area (Å²) < 4.78 is 4.71. The summed E-state index contributed by atoms with van der Waals surface area (Å²) in [5.41, 5.74) is 0.934. The van der Waals surface area contributed by atoms with Crippen LogP contribution in [0.25, 0.3) is 16.8 Å². The van der Waals surface area contributed by atoms with E-state index in [0.29, 0.717) is 20.2 Å². The van der Waals surface area contributed by atoms with Gasteiger partial charge in [-0.05, 0) is 23.1 Å². The molecule has 146 valence electrons. The van der Waals surface area contributed by atoms with Crippen LogP contribution in [0.1, 0.15) is 12.0 Å². The van der Waals surface area contributed by atoms with E-state index in [1.165, 1.54) is 28.0 Å². The van der Waals surface area contributed by atoms with Crippen LogP contribution in [0, 0.1) is 0 Å². The summed E-state index contributed by atoms with van der Waals surface area (Å²) in [5.74, 6) is 0.191. The number of carbonyl (C=O) groups excluding carboxylic acids is 2. The smallest absolute Gasteiger partial charge is 0.266 e. The highest BCUT2D eigenvalue weighted by atomic mass is 32.2. The number of thioether (sulfide) groups is 1. The first-order valence-corrected chi connectivity index (χ1v) is 11.5. The molecule has 10 heteroatoms. The molecule has 1 saturated heterocycles. The van der Waals surface area contributed by atoms with Crippen molar-refractivity contribution in [2.75, 3.05) is 11.9 Å². The first-order valence-electron chi connectivity index (χ1n) is 8.58. The maximum absolute atomic E-state index is 12.6. The Bertz CT molecular complexity index is 1080. The highest BCUT2D eigenvalue weighted by Crippen LogP contribution is 2.32. The van der Waals surface area contributed by atoms with E-state index in [4.69, 9.17) is 12.2 Å². The maximum Gasteiger partial charge on any atom is 0.266 e.